The molecule has 0 bridgehead atoms. The van der Waals surface area contributed by atoms with Crippen molar-refractivity contribution in [2.75, 3.05) is 43.4 Å². The lowest BCUT2D eigenvalue weighted by Crippen LogP contribution is -2.44. The summed E-state index contributed by atoms with van der Waals surface area (Å²) in [4.78, 5) is 48.6. The number of likely N-dealkylation sites (N-methyl/N-ethyl adjacent to an activating group) is 1. The molecule has 12 nitrogen and oxygen atoms in total. The van der Waals surface area contributed by atoms with Crippen LogP contribution in [0, 0.1) is 0 Å². The first-order valence-electron chi connectivity index (χ1n) is 13.2. The van der Waals surface area contributed by atoms with Crippen LogP contribution in [-0.2, 0) is 0 Å². The van der Waals surface area contributed by atoms with Gasteiger partial charge < -0.3 is 20.9 Å². The maximum Gasteiger partial charge on any atom is 0.284 e. The molecule has 0 atom stereocenters. The number of aromatic nitrogens is 6. The van der Waals surface area contributed by atoms with Gasteiger partial charge in [-0.25, -0.2) is 19.6 Å². The van der Waals surface area contributed by atoms with Crippen molar-refractivity contribution >= 4 is 50.8 Å². The van der Waals surface area contributed by atoms with Crippen LogP contribution in [0.15, 0.2) is 77.9 Å². The molecule has 12 heteroatoms. The van der Waals surface area contributed by atoms with Crippen LogP contribution in [0.4, 0.5) is 17.3 Å². The van der Waals surface area contributed by atoms with Gasteiger partial charge in [-0.1, -0.05) is 6.07 Å². The molecule has 4 aromatic heterocycles. The summed E-state index contributed by atoms with van der Waals surface area (Å²) < 4.78 is 3.05. The minimum Gasteiger partial charge on any atom is -0.369 e. The molecule has 41 heavy (non-hydrogen) atoms. The Morgan fingerprint density at radius 2 is 1.73 bits per heavy atom. The summed E-state index contributed by atoms with van der Waals surface area (Å²) in [5.41, 5.74) is 8.68. The van der Waals surface area contributed by atoms with Gasteiger partial charge in [0.15, 0.2) is 17.1 Å². The van der Waals surface area contributed by atoms with E-state index in [2.05, 4.69) is 49.2 Å². The lowest BCUT2D eigenvalue weighted by atomic mass is 10.1. The Balaban J connectivity index is 1.30. The molecule has 1 aliphatic heterocycles. The van der Waals surface area contributed by atoms with Crippen LogP contribution in [0.25, 0.3) is 33.4 Å². The van der Waals surface area contributed by atoms with E-state index in [9.17, 15) is 9.59 Å². The molecule has 7 rings (SSSR count). The van der Waals surface area contributed by atoms with Gasteiger partial charge in [0.05, 0.1) is 5.52 Å². The van der Waals surface area contributed by atoms with Gasteiger partial charge in [-0.05, 0) is 61.6 Å². The van der Waals surface area contributed by atoms with Crippen LogP contribution in [0.3, 0.4) is 0 Å². The van der Waals surface area contributed by atoms with Gasteiger partial charge in [-0.2, -0.15) is 9.50 Å². The summed E-state index contributed by atoms with van der Waals surface area (Å²) in [6.07, 6.45) is 3.10. The summed E-state index contributed by atoms with van der Waals surface area (Å²) in [7, 11) is 2.14. The third kappa shape index (κ3) is 4.30. The normalized spacial score (nSPS) is 14.2. The third-order valence-corrected chi connectivity index (χ3v) is 7.41. The Kier molecular flexibility index (Phi) is 5.82. The topological polar surface area (TPSA) is 140 Å². The zero-order valence-corrected chi connectivity index (χ0v) is 22.2. The van der Waals surface area contributed by atoms with E-state index in [0.717, 1.165) is 31.9 Å². The van der Waals surface area contributed by atoms with Crippen molar-refractivity contribution < 1.29 is 4.79 Å². The Hall–Kier alpha value is -5.36. The number of benzene rings is 2. The number of carbonyl (C=O) groups excluding carboxylic acids is 1. The van der Waals surface area contributed by atoms with E-state index in [1.165, 1.54) is 16.4 Å². The van der Waals surface area contributed by atoms with Gasteiger partial charge in [-0.3, -0.25) is 9.59 Å². The van der Waals surface area contributed by atoms with E-state index in [0.29, 0.717) is 33.9 Å². The number of nitrogens with one attached hydrogen (secondary N) is 1. The van der Waals surface area contributed by atoms with E-state index in [1.54, 1.807) is 41.2 Å². The van der Waals surface area contributed by atoms with E-state index < -0.39 is 5.91 Å². The molecule has 0 radical (unpaired) electrons. The fourth-order valence-corrected chi connectivity index (χ4v) is 5.20. The highest BCUT2D eigenvalue weighted by Crippen LogP contribution is 2.26. The van der Waals surface area contributed by atoms with E-state index in [1.807, 2.05) is 18.2 Å². The van der Waals surface area contributed by atoms with Crippen LogP contribution in [0.5, 0.6) is 0 Å². The first-order valence-corrected chi connectivity index (χ1v) is 13.2. The van der Waals surface area contributed by atoms with Crippen LogP contribution in [0.1, 0.15) is 10.4 Å². The third-order valence-electron chi connectivity index (χ3n) is 7.41. The number of pyridine rings is 1. The molecule has 0 spiro atoms. The van der Waals surface area contributed by atoms with Crippen molar-refractivity contribution in [2.45, 2.75) is 0 Å². The lowest BCUT2D eigenvalue weighted by Gasteiger charge is -2.34. The highest BCUT2D eigenvalue weighted by molar-refractivity contribution is 6.01. The molecule has 1 fully saturated rings. The number of carbonyl (C=O) groups is 1. The molecule has 0 saturated carbocycles. The molecular weight excluding hydrogens is 520 g/mol. The van der Waals surface area contributed by atoms with Crippen molar-refractivity contribution in [3.63, 3.8) is 0 Å². The minimum absolute atomic E-state index is 0.244. The maximum atomic E-state index is 13.8. The quantitative estimate of drug-likeness (QED) is 0.334. The molecule has 0 unspecified atom stereocenters. The molecule has 2 aromatic carbocycles. The number of hydrogen-bond acceptors (Lipinski definition) is 9. The van der Waals surface area contributed by atoms with Crippen molar-refractivity contribution in [1.29, 1.82) is 0 Å². The van der Waals surface area contributed by atoms with Gasteiger partial charge in [0.25, 0.3) is 5.56 Å². The smallest absolute Gasteiger partial charge is 0.284 e. The molecule has 6 aromatic rings. The molecule has 1 aliphatic rings. The number of hydrogen-bond donors (Lipinski definition) is 2. The van der Waals surface area contributed by atoms with Gasteiger partial charge in [0.1, 0.15) is 5.39 Å². The first kappa shape index (κ1) is 24.7. The molecule has 0 aliphatic carbocycles. The average Bonchev–Trinajstić information content (AvgIpc) is 3.32. The summed E-state index contributed by atoms with van der Waals surface area (Å²) in [5, 5.41) is 4.11. The van der Waals surface area contributed by atoms with E-state index >= 15 is 0 Å². The second-order valence-electron chi connectivity index (χ2n) is 10.0. The Morgan fingerprint density at radius 1 is 0.927 bits per heavy atom. The molecule has 1 saturated heterocycles. The summed E-state index contributed by atoms with van der Waals surface area (Å²) in [6, 6.07) is 18.5. The monoisotopic (exact) mass is 546 g/mol. The van der Waals surface area contributed by atoms with E-state index in [4.69, 9.17) is 10.7 Å². The molecule has 3 N–H and O–H groups in total. The summed E-state index contributed by atoms with van der Waals surface area (Å²) in [6.45, 7) is 4.07. The maximum absolute atomic E-state index is 13.8. The van der Waals surface area contributed by atoms with Crippen LogP contribution < -0.4 is 21.5 Å². The summed E-state index contributed by atoms with van der Waals surface area (Å²) >= 11 is 0. The number of primary amides is 1. The Labute approximate surface area is 233 Å². The Bertz CT molecular complexity index is 1990. The highest BCUT2D eigenvalue weighted by Gasteiger charge is 2.20. The second kappa shape index (κ2) is 9.68. The predicted octanol–water partition coefficient (Wildman–Crippen LogP) is 2.57. The van der Waals surface area contributed by atoms with Gasteiger partial charge in [-0.15, -0.1) is 0 Å². The number of nitrogens with two attached hydrogens (primary N) is 1. The number of rotatable bonds is 5. The van der Waals surface area contributed by atoms with Crippen LogP contribution in [0.2, 0.25) is 0 Å². The molecule has 5 heterocycles. The minimum atomic E-state index is -0.576. The number of nitrogens with zero attached hydrogens (tertiary/aromatic N) is 8. The standard InChI is InChI=1S/C29H26N10O2/c1-36-12-14-37(15-13-36)20-8-6-19(7-9-20)33-29-32-17-22-26(35-29)34-27-21-10-5-18(25(30)40)16-23(21)38(39(27)28(22)41)24-4-2-3-11-31-24/h2-11,16-17H,12-15H2,1H3,(H2,30,40)(H,32,33,35). The fraction of sp³-hybridized carbons (Fsp3) is 0.172. The first-order chi connectivity index (χ1) is 20.0. The largest absolute Gasteiger partial charge is 0.369 e. The number of piperazine rings is 1. The summed E-state index contributed by atoms with van der Waals surface area (Å²) in [5.74, 6) is 0.232. The van der Waals surface area contributed by atoms with Gasteiger partial charge in [0.2, 0.25) is 11.9 Å². The van der Waals surface area contributed by atoms with Crippen molar-refractivity contribution in [3.05, 3.63) is 89.0 Å². The Morgan fingerprint density at radius 3 is 2.46 bits per heavy atom. The number of anilines is 3. The molecule has 1 amide bonds. The van der Waals surface area contributed by atoms with Crippen molar-refractivity contribution in [1.82, 2.24) is 34.0 Å². The fourth-order valence-electron chi connectivity index (χ4n) is 5.20. The second-order valence-corrected chi connectivity index (χ2v) is 10.0. The van der Waals surface area contributed by atoms with Crippen molar-refractivity contribution in [3.8, 4) is 5.82 Å². The predicted molar refractivity (Wildman–Crippen MR) is 157 cm³/mol. The number of fused-ring (bicyclic) bond motifs is 4. The van der Waals surface area contributed by atoms with Crippen LogP contribution in [-0.4, -0.2) is 73.2 Å². The zero-order valence-electron chi connectivity index (χ0n) is 22.2. The lowest BCUT2D eigenvalue weighted by molar-refractivity contribution is 0.100. The van der Waals surface area contributed by atoms with Gasteiger partial charge in [0, 0.05) is 60.9 Å². The molecular formula is C29H26N10O2. The SMILES string of the molecule is CN1CCN(c2ccc(Nc3ncc4c(=O)n5c(nc4n3)c3ccc(C(N)=O)cc3n5-c3ccccn3)cc2)CC1. The zero-order chi connectivity index (χ0) is 28.1. The van der Waals surface area contributed by atoms with Crippen LogP contribution >= 0.6 is 0 Å². The number of amides is 1. The average molecular weight is 547 g/mol. The van der Waals surface area contributed by atoms with E-state index in [-0.39, 0.29) is 16.6 Å². The highest BCUT2D eigenvalue weighted by atomic mass is 16.1. The van der Waals surface area contributed by atoms with Crippen molar-refractivity contribution in [2.24, 2.45) is 5.73 Å². The van der Waals surface area contributed by atoms with Gasteiger partial charge >= 0.3 is 0 Å². The molecule has 204 valence electrons.